The summed E-state index contributed by atoms with van der Waals surface area (Å²) in [7, 11) is -11.4. The Morgan fingerprint density at radius 2 is 1.74 bits per heavy atom. The van der Waals surface area contributed by atoms with Crippen LogP contribution < -0.4 is 115 Å². The molecule has 0 amide bonds. The minimum absolute atomic E-state index is 0. The summed E-state index contributed by atoms with van der Waals surface area (Å²) in [6, 6.07) is 0. The maximum absolute atomic E-state index is 11.3. The number of nitrogen functional groups attached to an aromatic ring is 2. The van der Waals surface area contributed by atoms with E-state index in [1.54, 1.807) is 0 Å². The normalized spacial score (nSPS) is 25.2. The minimum atomic E-state index is -5.87. The molecule has 1 unspecified atom stereocenters. The van der Waals surface area contributed by atoms with Gasteiger partial charge in [-0.1, -0.05) is 0 Å². The number of anilines is 2. The van der Waals surface area contributed by atoms with E-state index in [0.29, 0.717) is 0 Å². The molecule has 6 N–H and O–H groups in total. The molecule has 0 aromatic carbocycles. The number of aliphatic hydroxyl groups is 2. The summed E-state index contributed by atoms with van der Waals surface area (Å²) in [6.45, 7) is -0.973. The Hall–Kier alpha value is 1.29. The van der Waals surface area contributed by atoms with E-state index < -0.39 is 46.8 Å². The third-order valence-electron chi connectivity index (χ3n) is 3.72. The van der Waals surface area contributed by atoms with Crippen LogP contribution >= 0.6 is 15.6 Å². The Kier molecular flexibility index (Phi) is 12.8. The average molecular weight is 508 g/mol. The number of imidazole rings is 1. The summed E-state index contributed by atoms with van der Waals surface area (Å²) >= 11 is 0. The Labute approximate surface area is 240 Å². The van der Waals surface area contributed by atoms with E-state index in [4.69, 9.17) is 16.2 Å². The molecule has 0 bridgehead atoms. The topological polar surface area (TPSA) is 267 Å². The van der Waals surface area contributed by atoms with Crippen molar-refractivity contribution in [2.24, 2.45) is 0 Å². The van der Waals surface area contributed by atoms with Crippen LogP contribution in [0.5, 0.6) is 0 Å². The van der Waals surface area contributed by atoms with Crippen molar-refractivity contribution in [1.82, 2.24) is 19.5 Å². The summed E-state index contributed by atoms with van der Waals surface area (Å²) in [5.41, 5.74) is 11.6. The molecule has 1 aliphatic heterocycles. The largest absolute Gasteiger partial charge is 1.00 e. The SMILES string of the molecule is Nc1ncnc2c1nc(N)n2[C@@H]1O[C@H](COP(=O)([O-])OP(=O)([O-])[O-])[C@@H](O)[C@H]1O.[Na+].[Na+].[Na+]. The molecule has 1 fully saturated rings. The number of hydrogen-bond acceptors (Lipinski definition) is 15. The molecule has 0 aliphatic carbocycles. The number of phosphoric ester groups is 1. The summed E-state index contributed by atoms with van der Waals surface area (Å²) in [4.78, 5) is 43.7. The summed E-state index contributed by atoms with van der Waals surface area (Å²) in [5.74, 6) is -0.205. The van der Waals surface area contributed by atoms with Crippen LogP contribution in [0.25, 0.3) is 11.2 Å². The first kappa shape index (κ1) is 32.3. The van der Waals surface area contributed by atoms with Gasteiger partial charge in [0.2, 0.25) is 5.95 Å². The second kappa shape index (κ2) is 12.3. The number of ether oxygens (including phenoxy) is 1. The molecule has 0 saturated carbocycles. The standard InChI is InChI=1S/C10H16N6O10P2.3Na/c11-7-4-8(14-2-13-7)16(10(12)15-4)9-6(18)5(17)3(25-9)1-24-28(22,23)26-27(19,20)21;;;/h2-3,5-6,9,17-18H,1H2,(H2,12,15)(H,22,23)(H2,11,13,14)(H2,19,20,21);;;/q;3*+1/p-3/t3-,5-,6-,9-;;;/m1.../s1. The quantitative estimate of drug-likeness (QED) is 0.208. The third-order valence-corrected chi connectivity index (χ3v) is 5.79. The van der Waals surface area contributed by atoms with Gasteiger partial charge in [-0.25, -0.2) is 15.0 Å². The van der Waals surface area contributed by atoms with Crippen LogP contribution in [0.2, 0.25) is 0 Å². The first-order valence-electron chi connectivity index (χ1n) is 7.34. The van der Waals surface area contributed by atoms with E-state index in [1.165, 1.54) is 0 Å². The second-order valence-corrected chi connectivity index (χ2v) is 8.29. The maximum Gasteiger partial charge on any atom is 1.00 e. The van der Waals surface area contributed by atoms with Gasteiger partial charge in [0.05, 0.1) is 14.4 Å². The van der Waals surface area contributed by atoms with Crippen LogP contribution in [0.3, 0.4) is 0 Å². The van der Waals surface area contributed by atoms with Crippen LogP contribution in [0, 0.1) is 0 Å². The number of fused-ring (bicyclic) bond motifs is 1. The van der Waals surface area contributed by atoms with Gasteiger partial charge in [0.15, 0.2) is 23.2 Å². The first-order chi connectivity index (χ1) is 12.9. The smallest absolute Gasteiger partial charge is 0.790 e. The zero-order chi connectivity index (χ0) is 20.9. The molecule has 5 atom stereocenters. The van der Waals surface area contributed by atoms with E-state index in [2.05, 4.69) is 23.8 Å². The maximum atomic E-state index is 11.3. The van der Waals surface area contributed by atoms with Crippen molar-refractivity contribution < 1.29 is 136 Å². The van der Waals surface area contributed by atoms with Crippen LogP contribution in [0.1, 0.15) is 6.23 Å². The summed E-state index contributed by atoms with van der Waals surface area (Å²) < 4.78 is 35.7. The van der Waals surface area contributed by atoms with Gasteiger partial charge in [0.25, 0.3) is 7.82 Å². The van der Waals surface area contributed by atoms with Crippen LogP contribution in [0.15, 0.2) is 6.33 Å². The molecular weight excluding hydrogens is 495 g/mol. The molecule has 2 aromatic heterocycles. The number of aliphatic hydroxyl groups excluding tert-OH is 2. The van der Waals surface area contributed by atoms with E-state index in [9.17, 15) is 34.0 Å². The van der Waals surface area contributed by atoms with Gasteiger partial charge >= 0.3 is 88.7 Å². The zero-order valence-electron chi connectivity index (χ0n) is 16.6. The predicted octanol–water partition coefficient (Wildman–Crippen LogP) is -13.0. The molecule has 0 spiro atoms. The number of aromatic nitrogens is 4. The molecule has 21 heteroatoms. The Balaban J connectivity index is 0.00000300. The molecule has 3 heterocycles. The van der Waals surface area contributed by atoms with Gasteiger partial charge in [-0.3, -0.25) is 13.4 Å². The van der Waals surface area contributed by atoms with Crippen molar-refractivity contribution in [1.29, 1.82) is 0 Å². The van der Waals surface area contributed by atoms with Gasteiger partial charge < -0.3 is 50.2 Å². The zero-order valence-corrected chi connectivity index (χ0v) is 24.4. The molecule has 2 aromatic rings. The van der Waals surface area contributed by atoms with E-state index in [1.807, 2.05) is 0 Å². The van der Waals surface area contributed by atoms with Gasteiger partial charge in [-0.15, -0.1) is 0 Å². The van der Waals surface area contributed by atoms with Gasteiger partial charge in [0, 0.05) is 0 Å². The molecule has 31 heavy (non-hydrogen) atoms. The van der Waals surface area contributed by atoms with Gasteiger partial charge in [-0.05, 0) is 0 Å². The molecule has 16 nitrogen and oxygen atoms in total. The molecular formula is C10H13N6Na3O10P2. The molecule has 156 valence electrons. The fourth-order valence-electron chi connectivity index (χ4n) is 2.58. The molecule has 1 aliphatic rings. The van der Waals surface area contributed by atoms with Crippen molar-refractivity contribution in [3.63, 3.8) is 0 Å². The fourth-order valence-corrected chi connectivity index (χ4v) is 4.08. The first-order valence-corrected chi connectivity index (χ1v) is 10.3. The van der Waals surface area contributed by atoms with Crippen LogP contribution in [0.4, 0.5) is 11.8 Å². The Morgan fingerprint density at radius 3 is 2.32 bits per heavy atom. The van der Waals surface area contributed by atoms with Crippen molar-refractivity contribution in [2.75, 3.05) is 18.1 Å². The van der Waals surface area contributed by atoms with Crippen molar-refractivity contribution in [3.05, 3.63) is 6.33 Å². The van der Waals surface area contributed by atoms with E-state index in [-0.39, 0.29) is 112 Å². The predicted molar refractivity (Wildman–Crippen MR) is 82.3 cm³/mol. The van der Waals surface area contributed by atoms with Crippen molar-refractivity contribution >= 4 is 38.6 Å². The molecule has 1 saturated heterocycles. The number of nitrogens with zero attached hydrogens (tertiary/aromatic N) is 4. The minimum Gasteiger partial charge on any atom is -0.790 e. The molecule has 0 radical (unpaired) electrons. The van der Waals surface area contributed by atoms with Crippen molar-refractivity contribution in [2.45, 2.75) is 24.5 Å². The van der Waals surface area contributed by atoms with Crippen LogP contribution in [-0.4, -0.2) is 54.7 Å². The summed E-state index contributed by atoms with van der Waals surface area (Å²) in [5, 5.41) is 20.3. The number of nitrogens with two attached hydrogens (primary N) is 2. The van der Waals surface area contributed by atoms with E-state index >= 15 is 0 Å². The Bertz CT molecular complexity index is 993. The van der Waals surface area contributed by atoms with Crippen molar-refractivity contribution in [3.8, 4) is 0 Å². The summed E-state index contributed by atoms with van der Waals surface area (Å²) in [6.07, 6.45) is -5.07. The number of hydrogen-bond donors (Lipinski definition) is 4. The number of rotatable bonds is 6. The average Bonchev–Trinajstić information content (AvgIpc) is 3.02. The van der Waals surface area contributed by atoms with E-state index in [0.717, 1.165) is 10.9 Å². The van der Waals surface area contributed by atoms with Gasteiger partial charge in [0.1, 0.15) is 24.6 Å². The third kappa shape index (κ3) is 7.64. The van der Waals surface area contributed by atoms with Gasteiger partial charge in [-0.2, -0.15) is 0 Å². The fraction of sp³-hybridized carbons (Fsp3) is 0.500. The Morgan fingerprint density at radius 1 is 1.13 bits per heavy atom. The van der Waals surface area contributed by atoms with Crippen LogP contribution in [-0.2, 0) is 22.7 Å². The molecule has 3 rings (SSSR count). The monoisotopic (exact) mass is 508 g/mol. The number of phosphoric acid groups is 2. The second-order valence-electron chi connectivity index (χ2n) is 5.59.